The van der Waals surface area contributed by atoms with Crippen molar-refractivity contribution in [3.05, 3.63) is 64.4 Å². The molecule has 20 heavy (non-hydrogen) atoms. The van der Waals surface area contributed by atoms with E-state index in [4.69, 9.17) is 5.73 Å². The summed E-state index contributed by atoms with van der Waals surface area (Å²) in [7, 11) is 0. The maximum Gasteiger partial charge on any atom is 0.142 e. The van der Waals surface area contributed by atoms with E-state index in [1.807, 2.05) is 43.3 Å². The summed E-state index contributed by atoms with van der Waals surface area (Å²) in [5.74, 6) is -0.0994. The van der Waals surface area contributed by atoms with Crippen molar-refractivity contribution in [2.24, 2.45) is 11.7 Å². The number of nitrogens with two attached hydrogens (primary N) is 1. The lowest BCUT2D eigenvalue weighted by Gasteiger charge is -2.19. The number of benzene rings is 1. The fraction of sp³-hybridized carbons (Fsp3) is 0.250. The number of ketones is 1. The number of Topliss-reactive ketones (excluding diaryl/α,β-unsaturated/α-hetero) is 1. The van der Waals surface area contributed by atoms with Crippen LogP contribution in [0.5, 0.6) is 0 Å². The van der Waals surface area contributed by atoms with Gasteiger partial charge in [-0.15, -0.1) is 0 Å². The lowest BCUT2D eigenvalue weighted by Crippen LogP contribution is -2.27. The van der Waals surface area contributed by atoms with Gasteiger partial charge in [-0.05, 0) is 33.1 Å². The van der Waals surface area contributed by atoms with E-state index in [-0.39, 0.29) is 17.7 Å². The molecule has 4 heteroatoms. The van der Waals surface area contributed by atoms with Crippen LogP contribution in [0.1, 0.15) is 24.1 Å². The van der Waals surface area contributed by atoms with Gasteiger partial charge in [0.15, 0.2) is 0 Å². The fourth-order valence-corrected chi connectivity index (χ4v) is 2.49. The molecular formula is C16H17BrN2O. The van der Waals surface area contributed by atoms with Crippen LogP contribution >= 0.6 is 15.9 Å². The Morgan fingerprint density at radius 1 is 1.30 bits per heavy atom. The van der Waals surface area contributed by atoms with Gasteiger partial charge in [0.1, 0.15) is 5.78 Å². The molecule has 0 amide bonds. The molecule has 1 aromatic heterocycles. The molecule has 0 spiro atoms. The molecule has 1 aromatic carbocycles. The van der Waals surface area contributed by atoms with Crippen molar-refractivity contribution in [3.8, 4) is 0 Å². The van der Waals surface area contributed by atoms with Crippen molar-refractivity contribution >= 4 is 21.7 Å². The summed E-state index contributed by atoms with van der Waals surface area (Å²) < 4.78 is 0.878. The minimum absolute atomic E-state index is 0.126. The summed E-state index contributed by atoms with van der Waals surface area (Å²) in [5, 5.41) is 0. The van der Waals surface area contributed by atoms with Crippen LogP contribution in [0.15, 0.2) is 53.3 Å². The number of hydrogen-bond donors (Lipinski definition) is 1. The second-order valence-corrected chi connectivity index (χ2v) is 5.80. The van der Waals surface area contributed by atoms with E-state index < -0.39 is 0 Å². The zero-order valence-corrected chi connectivity index (χ0v) is 12.9. The zero-order valence-electron chi connectivity index (χ0n) is 11.3. The Bertz CT molecular complexity index is 586. The standard InChI is InChI=1S/C16H17BrN2O/c1-11(16(18)13-5-3-2-4-6-13)15(20)8-12-7-14(17)10-19-9-12/h2-7,9-11,16H,8,18H2,1H3. The molecule has 104 valence electrons. The van der Waals surface area contributed by atoms with Crippen molar-refractivity contribution < 1.29 is 4.79 Å². The van der Waals surface area contributed by atoms with Gasteiger partial charge in [0.2, 0.25) is 0 Å². The van der Waals surface area contributed by atoms with E-state index in [1.54, 1.807) is 12.4 Å². The van der Waals surface area contributed by atoms with Crippen molar-refractivity contribution in [2.45, 2.75) is 19.4 Å². The van der Waals surface area contributed by atoms with Crippen LogP contribution in [-0.4, -0.2) is 10.8 Å². The van der Waals surface area contributed by atoms with Gasteiger partial charge in [0, 0.05) is 35.2 Å². The van der Waals surface area contributed by atoms with Gasteiger partial charge in [-0.25, -0.2) is 0 Å². The highest BCUT2D eigenvalue weighted by Crippen LogP contribution is 2.21. The topological polar surface area (TPSA) is 56.0 Å². The Morgan fingerprint density at radius 2 is 2.00 bits per heavy atom. The van der Waals surface area contributed by atoms with E-state index >= 15 is 0 Å². The van der Waals surface area contributed by atoms with E-state index in [1.165, 1.54) is 0 Å². The van der Waals surface area contributed by atoms with Gasteiger partial charge in [0.05, 0.1) is 0 Å². The molecule has 1 heterocycles. The molecule has 0 aliphatic rings. The number of nitrogens with zero attached hydrogens (tertiary/aromatic N) is 1. The number of hydrogen-bond acceptors (Lipinski definition) is 3. The average molecular weight is 333 g/mol. The normalized spacial score (nSPS) is 13.8. The first-order valence-electron chi connectivity index (χ1n) is 6.50. The maximum absolute atomic E-state index is 12.3. The van der Waals surface area contributed by atoms with Crippen molar-refractivity contribution in [2.75, 3.05) is 0 Å². The summed E-state index contributed by atoms with van der Waals surface area (Å²) in [6.45, 7) is 1.88. The third-order valence-corrected chi connectivity index (χ3v) is 3.80. The number of aromatic nitrogens is 1. The Labute approximate surface area is 127 Å². The first-order chi connectivity index (χ1) is 9.58. The minimum atomic E-state index is -0.274. The fourth-order valence-electron chi connectivity index (χ4n) is 2.08. The van der Waals surface area contributed by atoms with Crippen LogP contribution in [0.4, 0.5) is 0 Å². The average Bonchev–Trinajstić information content (AvgIpc) is 2.46. The second kappa shape index (κ2) is 6.77. The number of carbonyl (C=O) groups is 1. The number of halogens is 1. The molecule has 3 nitrogen and oxygen atoms in total. The lowest BCUT2D eigenvalue weighted by atomic mass is 9.89. The molecule has 0 saturated heterocycles. The Morgan fingerprint density at radius 3 is 2.65 bits per heavy atom. The third-order valence-electron chi connectivity index (χ3n) is 3.37. The van der Waals surface area contributed by atoms with Gasteiger partial charge in [0.25, 0.3) is 0 Å². The van der Waals surface area contributed by atoms with Crippen LogP contribution in [0.25, 0.3) is 0 Å². The predicted octanol–water partition coefficient (Wildman–Crippen LogP) is 3.29. The van der Waals surface area contributed by atoms with Crippen LogP contribution in [0.2, 0.25) is 0 Å². The van der Waals surface area contributed by atoms with Gasteiger partial charge < -0.3 is 5.73 Å². The minimum Gasteiger partial charge on any atom is -0.323 e. The lowest BCUT2D eigenvalue weighted by molar-refractivity contribution is -0.122. The zero-order chi connectivity index (χ0) is 14.5. The Balaban J connectivity index is 2.05. The molecule has 0 radical (unpaired) electrons. The molecule has 2 atom stereocenters. The number of pyridine rings is 1. The predicted molar refractivity (Wildman–Crippen MR) is 83.2 cm³/mol. The SMILES string of the molecule is CC(C(=O)Cc1cncc(Br)c1)C(N)c1ccccc1. The van der Waals surface area contributed by atoms with E-state index in [0.717, 1.165) is 15.6 Å². The van der Waals surface area contributed by atoms with Crippen LogP contribution in [0.3, 0.4) is 0 Å². The Hall–Kier alpha value is -1.52. The maximum atomic E-state index is 12.3. The van der Waals surface area contributed by atoms with Crippen LogP contribution in [0, 0.1) is 5.92 Å². The van der Waals surface area contributed by atoms with Crippen molar-refractivity contribution in [1.29, 1.82) is 0 Å². The van der Waals surface area contributed by atoms with Gasteiger partial charge in [-0.3, -0.25) is 9.78 Å². The van der Waals surface area contributed by atoms with Crippen molar-refractivity contribution in [3.63, 3.8) is 0 Å². The Kier molecular flexibility index (Phi) is 5.04. The van der Waals surface area contributed by atoms with Gasteiger partial charge in [-0.2, -0.15) is 0 Å². The van der Waals surface area contributed by atoms with E-state index in [9.17, 15) is 4.79 Å². The molecule has 2 N–H and O–H groups in total. The van der Waals surface area contributed by atoms with E-state index in [2.05, 4.69) is 20.9 Å². The monoisotopic (exact) mass is 332 g/mol. The van der Waals surface area contributed by atoms with Crippen molar-refractivity contribution in [1.82, 2.24) is 4.98 Å². The molecule has 0 bridgehead atoms. The summed E-state index contributed by atoms with van der Waals surface area (Å²) >= 11 is 3.36. The highest BCUT2D eigenvalue weighted by atomic mass is 79.9. The highest BCUT2D eigenvalue weighted by Gasteiger charge is 2.22. The molecule has 0 aliphatic carbocycles. The number of carbonyl (C=O) groups excluding carboxylic acids is 1. The summed E-state index contributed by atoms with van der Waals surface area (Å²) in [4.78, 5) is 16.4. The third kappa shape index (κ3) is 3.74. The van der Waals surface area contributed by atoms with Crippen LogP contribution in [-0.2, 0) is 11.2 Å². The molecule has 0 aliphatic heterocycles. The smallest absolute Gasteiger partial charge is 0.142 e. The summed E-state index contributed by atoms with van der Waals surface area (Å²) in [6.07, 6.45) is 3.77. The quantitative estimate of drug-likeness (QED) is 0.913. The first-order valence-corrected chi connectivity index (χ1v) is 7.30. The highest BCUT2D eigenvalue weighted by molar-refractivity contribution is 9.10. The summed E-state index contributed by atoms with van der Waals surface area (Å²) in [6, 6.07) is 11.4. The largest absolute Gasteiger partial charge is 0.323 e. The van der Waals surface area contributed by atoms with Gasteiger partial charge in [-0.1, -0.05) is 37.3 Å². The van der Waals surface area contributed by atoms with Gasteiger partial charge >= 0.3 is 0 Å². The molecule has 0 saturated carbocycles. The first kappa shape index (κ1) is 14.9. The molecule has 2 unspecified atom stereocenters. The molecule has 2 rings (SSSR count). The number of rotatable bonds is 5. The molecule has 0 fully saturated rings. The second-order valence-electron chi connectivity index (χ2n) is 4.88. The van der Waals surface area contributed by atoms with E-state index in [0.29, 0.717) is 6.42 Å². The van der Waals surface area contributed by atoms with Crippen LogP contribution < -0.4 is 5.73 Å². The molecular weight excluding hydrogens is 316 g/mol. The summed E-state index contributed by atoms with van der Waals surface area (Å²) in [5.41, 5.74) is 8.06. The molecule has 2 aromatic rings.